The molecule has 0 radical (unpaired) electrons. The summed E-state index contributed by atoms with van der Waals surface area (Å²) >= 11 is 5.93. The lowest BCUT2D eigenvalue weighted by molar-refractivity contribution is 0.106. The van der Waals surface area contributed by atoms with E-state index in [9.17, 15) is 0 Å². The number of rotatable bonds is 4. The molecule has 4 heteroatoms. The topological polar surface area (TPSA) is 47.6 Å². The molecule has 23 heavy (non-hydrogen) atoms. The number of benzene rings is 2. The minimum atomic E-state index is -0.390. The van der Waals surface area contributed by atoms with E-state index in [1.165, 1.54) is 11.1 Å². The van der Waals surface area contributed by atoms with E-state index in [1.54, 1.807) is 0 Å². The van der Waals surface area contributed by atoms with Crippen molar-refractivity contribution in [1.29, 1.82) is 0 Å². The second-order valence-electron chi connectivity index (χ2n) is 6.20. The summed E-state index contributed by atoms with van der Waals surface area (Å²) in [5.41, 5.74) is 9.18. The summed E-state index contributed by atoms with van der Waals surface area (Å²) in [6, 6.07) is 16.6. The van der Waals surface area contributed by atoms with Crippen LogP contribution in [0, 0.1) is 0 Å². The predicted octanol–water partition coefficient (Wildman–Crippen LogP) is 3.73. The van der Waals surface area contributed by atoms with Gasteiger partial charge in [-0.3, -0.25) is 4.99 Å². The molecule has 0 saturated heterocycles. The first-order chi connectivity index (χ1) is 11.0. The summed E-state index contributed by atoms with van der Waals surface area (Å²) < 4.78 is 5.56. The summed E-state index contributed by atoms with van der Waals surface area (Å²) in [6.45, 7) is 3.05. The Labute approximate surface area is 142 Å². The van der Waals surface area contributed by atoms with E-state index in [4.69, 9.17) is 22.1 Å². The predicted molar refractivity (Wildman–Crippen MR) is 95.1 cm³/mol. The lowest BCUT2D eigenvalue weighted by Gasteiger charge is -2.30. The Kier molecular flexibility index (Phi) is 4.69. The first-order valence-electron chi connectivity index (χ1n) is 7.81. The first kappa shape index (κ1) is 16.0. The van der Waals surface area contributed by atoms with Gasteiger partial charge in [0.25, 0.3) is 0 Å². The average molecular weight is 329 g/mol. The molecule has 0 saturated carbocycles. The molecule has 0 bridgehead atoms. The van der Waals surface area contributed by atoms with Crippen LogP contribution in [0.1, 0.15) is 23.6 Å². The number of hydrogen-bond donors (Lipinski definition) is 1. The molecule has 0 fully saturated rings. The molecule has 2 N–H and O–H groups in total. The second-order valence-corrected chi connectivity index (χ2v) is 6.63. The number of ether oxygens (including phenoxy) is 1. The highest BCUT2D eigenvalue weighted by Gasteiger charge is 2.29. The van der Waals surface area contributed by atoms with Crippen LogP contribution in [0.3, 0.4) is 0 Å². The van der Waals surface area contributed by atoms with Gasteiger partial charge in [0.05, 0.1) is 6.61 Å². The fraction of sp³-hybridized carbons (Fsp3) is 0.316. The van der Waals surface area contributed by atoms with Crippen LogP contribution < -0.4 is 5.73 Å². The zero-order valence-corrected chi connectivity index (χ0v) is 14.0. The third-order valence-electron chi connectivity index (χ3n) is 4.19. The lowest BCUT2D eigenvalue weighted by Crippen LogP contribution is -2.37. The van der Waals surface area contributed by atoms with Gasteiger partial charge in [0.2, 0.25) is 0 Å². The molecule has 0 aromatic heterocycles. The van der Waals surface area contributed by atoms with Gasteiger partial charge in [0.1, 0.15) is 18.0 Å². The van der Waals surface area contributed by atoms with Crippen molar-refractivity contribution < 1.29 is 4.74 Å². The van der Waals surface area contributed by atoms with Crippen LogP contribution in [0.2, 0.25) is 5.02 Å². The van der Waals surface area contributed by atoms with Gasteiger partial charge in [-0.1, -0.05) is 48.0 Å². The van der Waals surface area contributed by atoms with E-state index in [0.717, 1.165) is 23.4 Å². The Hall–Kier alpha value is -1.84. The Bertz CT molecular complexity index is 712. The molecule has 0 spiro atoms. The Morgan fingerprint density at radius 1 is 1.13 bits per heavy atom. The van der Waals surface area contributed by atoms with E-state index >= 15 is 0 Å². The van der Waals surface area contributed by atoms with Crippen molar-refractivity contribution in [3.63, 3.8) is 0 Å². The maximum Gasteiger partial charge on any atom is 0.121 e. The smallest absolute Gasteiger partial charge is 0.121 e. The monoisotopic (exact) mass is 328 g/mol. The Balaban J connectivity index is 1.75. The number of amidine groups is 1. The lowest BCUT2D eigenvalue weighted by atomic mass is 9.90. The zero-order chi connectivity index (χ0) is 16.3. The molecule has 1 heterocycles. The number of nitrogens with two attached hydrogens (primary N) is 1. The first-order valence-corrected chi connectivity index (χ1v) is 8.19. The Morgan fingerprint density at radius 3 is 2.61 bits per heavy atom. The van der Waals surface area contributed by atoms with E-state index in [2.05, 4.69) is 48.3 Å². The fourth-order valence-electron chi connectivity index (χ4n) is 2.89. The van der Waals surface area contributed by atoms with Crippen molar-refractivity contribution in [3.05, 3.63) is 70.2 Å². The minimum absolute atomic E-state index is 0.390. The summed E-state index contributed by atoms with van der Waals surface area (Å²) in [4.78, 5) is 4.61. The molecule has 0 aliphatic carbocycles. The van der Waals surface area contributed by atoms with Gasteiger partial charge < -0.3 is 10.5 Å². The van der Waals surface area contributed by atoms with Crippen molar-refractivity contribution >= 4 is 17.4 Å². The molecule has 3 nitrogen and oxygen atoms in total. The van der Waals surface area contributed by atoms with Crippen molar-refractivity contribution in [1.82, 2.24) is 0 Å². The minimum Gasteiger partial charge on any atom is -0.386 e. The van der Waals surface area contributed by atoms with Gasteiger partial charge in [0, 0.05) is 5.02 Å². The highest BCUT2D eigenvalue weighted by atomic mass is 35.5. The Morgan fingerprint density at radius 2 is 1.87 bits per heavy atom. The molecule has 2 aromatic carbocycles. The fourth-order valence-corrected chi connectivity index (χ4v) is 3.01. The van der Waals surface area contributed by atoms with Gasteiger partial charge in [-0.05, 0) is 48.6 Å². The van der Waals surface area contributed by atoms with E-state index in [-0.39, 0.29) is 0 Å². The maximum atomic E-state index is 5.93. The third kappa shape index (κ3) is 3.92. The molecular weight excluding hydrogens is 308 g/mol. The molecule has 2 aromatic rings. The van der Waals surface area contributed by atoms with Gasteiger partial charge >= 0.3 is 0 Å². The molecular formula is C19H21ClN2O. The largest absolute Gasteiger partial charge is 0.386 e. The molecule has 120 valence electrons. The van der Waals surface area contributed by atoms with Crippen LogP contribution in [0.5, 0.6) is 0 Å². The number of nitrogens with zero attached hydrogens (tertiary/aromatic N) is 1. The van der Waals surface area contributed by atoms with Crippen molar-refractivity contribution in [3.8, 4) is 0 Å². The summed E-state index contributed by atoms with van der Waals surface area (Å²) in [6.07, 6.45) is 1.96. The van der Waals surface area contributed by atoms with Crippen LogP contribution in [0.25, 0.3) is 0 Å². The molecule has 3 rings (SSSR count). The van der Waals surface area contributed by atoms with E-state index in [0.29, 0.717) is 19.0 Å². The quantitative estimate of drug-likeness (QED) is 0.929. The average Bonchev–Trinajstić information content (AvgIpc) is 2.54. The van der Waals surface area contributed by atoms with Gasteiger partial charge in [-0.25, -0.2) is 0 Å². The van der Waals surface area contributed by atoms with Crippen LogP contribution in [0.4, 0.5) is 0 Å². The number of aryl methyl sites for hydroxylation is 2. The van der Waals surface area contributed by atoms with Crippen LogP contribution in [0.15, 0.2) is 53.5 Å². The van der Waals surface area contributed by atoms with Crippen molar-refractivity contribution in [2.75, 3.05) is 13.2 Å². The molecule has 1 atom stereocenters. The summed E-state index contributed by atoms with van der Waals surface area (Å²) in [5.74, 6) is 0.560. The number of halogens is 1. The standard InChI is InChI=1S/C19H21ClN2O/c1-19(13-23-12-18(21)22-19)16-4-2-3-15(11-16)6-5-14-7-9-17(20)10-8-14/h2-4,7-11H,5-6,12-13H2,1H3,(H2,21,22). The van der Waals surface area contributed by atoms with Crippen LogP contribution in [-0.4, -0.2) is 19.0 Å². The summed E-state index contributed by atoms with van der Waals surface area (Å²) in [5, 5.41) is 0.774. The van der Waals surface area contributed by atoms with Crippen LogP contribution >= 0.6 is 11.6 Å². The maximum absolute atomic E-state index is 5.93. The molecule has 0 amide bonds. The summed E-state index contributed by atoms with van der Waals surface area (Å²) in [7, 11) is 0. The van der Waals surface area contributed by atoms with Crippen molar-refractivity contribution in [2.45, 2.75) is 25.3 Å². The molecule has 1 aliphatic heterocycles. The normalized spacial score (nSPS) is 21.0. The van der Waals surface area contributed by atoms with Gasteiger partial charge in [-0.15, -0.1) is 0 Å². The van der Waals surface area contributed by atoms with Crippen molar-refractivity contribution in [2.24, 2.45) is 10.7 Å². The SMILES string of the molecule is CC1(c2cccc(CCc3ccc(Cl)cc3)c2)COCC(N)=N1. The van der Waals surface area contributed by atoms with Gasteiger partial charge in [-0.2, -0.15) is 0 Å². The molecule has 1 aliphatic rings. The van der Waals surface area contributed by atoms with Crippen LogP contribution in [-0.2, 0) is 23.1 Å². The highest BCUT2D eigenvalue weighted by Crippen LogP contribution is 2.29. The van der Waals surface area contributed by atoms with E-state index in [1.807, 2.05) is 12.1 Å². The molecule has 1 unspecified atom stereocenters. The highest BCUT2D eigenvalue weighted by molar-refractivity contribution is 6.30. The number of hydrogen-bond acceptors (Lipinski definition) is 3. The van der Waals surface area contributed by atoms with E-state index < -0.39 is 5.54 Å². The third-order valence-corrected chi connectivity index (χ3v) is 4.44. The second kappa shape index (κ2) is 6.73. The zero-order valence-electron chi connectivity index (χ0n) is 13.3. The number of aliphatic imine (C=N–C) groups is 1. The van der Waals surface area contributed by atoms with Gasteiger partial charge in [0.15, 0.2) is 0 Å².